The maximum absolute atomic E-state index is 4.94. The number of nitrogens with zero attached hydrogens (tertiary/aromatic N) is 2. The summed E-state index contributed by atoms with van der Waals surface area (Å²) < 4.78 is 4.94. The monoisotopic (exact) mass is 192 g/mol. The highest BCUT2D eigenvalue weighted by atomic mass is 16.5. The Balaban J connectivity index is 2.19. The first-order chi connectivity index (χ1) is 6.92. The summed E-state index contributed by atoms with van der Waals surface area (Å²) in [5.41, 5.74) is 0.847. The SMILES string of the molecule is COCCNc1ncnc2[nH]ccc12. The minimum Gasteiger partial charge on any atom is -0.383 e. The van der Waals surface area contributed by atoms with E-state index in [4.69, 9.17) is 4.74 Å². The van der Waals surface area contributed by atoms with Crippen LogP contribution in [0.2, 0.25) is 0 Å². The molecule has 14 heavy (non-hydrogen) atoms. The van der Waals surface area contributed by atoms with Gasteiger partial charge in [-0.1, -0.05) is 0 Å². The summed E-state index contributed by atoms with van der Waals surface area (Å²) in [5.74, 6) is 0.841. The zero-order chi connectivity index (χ0) is 9.80. The Labute approximate surface area is 81.5 Å². The van der Waals surface area contributed by atoms with E-state index in [9.17, 15) is 0 Å². The molecule has 0 spiro atoms. The average molecular weight is 192 g/mol. The molecule has 0 atom stereocenters. The lowest BCUT2D eigenvalue weighted by Crippen LogP contribution is -2.09. The van der Waals surface area contributed by atoms with Crippen LogP contribution < -0.4 is 5.32 Å². The van der Waals surface area contributed by atoms with Crippen LogP contribution in [0.4, 0.5) is 5.82 Å². The minimum atomic E-state index is 0.663. The van der Waals surface area contributed by atoms with Crippen molar-refractivity contribution in [2.75, 3.05) is 25.6 Å². The van der Waals surface area contributed by atoms with E-state index < -0.39 is 0 Å². The van der Waals surface area contributed by atoms with Gasteiger partial charge in [-0.2, -0.15) is 0 Å². The third-order valence-corrected chi connectivity index (χ3v) is 1.95. The lowest BCUT2D eigenvalue weighted by Gasteiger charge is -2.04. The highest BCUT2D eigenvalue weighted by Gasteiger charge is 2.02. The van der Waals surface area contributed by atoms with E-state index in [0.717, 1.165) is 23.4 Å². The van der Waals surface area contributed by atoms with Gasteiger partial charge >= 0.3 is 0 Å². The molecule has 0 unspecified atom stereocenters. The first-order valence-electron chi connectivity index (χ1n) is 4.42. The Morgan fingerprint density at radius 1 is 1.50 bits per heavy atom. The van der Waals surface area contributed by atoms with Crippen molar-refractivity contribution in [1.82, 2.24) is 15.0 Å². The number of H-pyrrole nitrogens is 1. The van der Waals surface area contributed by atoms with Gasteiger partial charge in [0.15, 0.2) is 0 Å². The maximum Gasteiger partial charge on any atom is 0.142 e. The lowest BCUT2D eigenvalue weighted by atomic mass is 10.4. The van der Waals surface area contributed by atoms with E-state index in [2.05, 4.69) is 20.3 Å². The quantitative estimate of drug-likeness (QED) is 0.710. The second-order valence-corrected chi connectivity index (χ2v) is 2.88. The molecule has 0 aliphatic heterocycles. The van der Waals surface area contributed by atoms with Crippen LogP contribution >= 0.6 is 0 Å². The number of nitrogens with one attached hydrogen (secondary N) is 2. The number of fused-ring (bicyclic) bond motifs is 1. The fraction of sp³-hybridized carbons (Fsp3) is 0.333. The first-order valence-corrected chi connectivity index (χ1v) is 4.42. The molecular weight excluding hydrogens is 180 g/mol. The van der Waals surface area contributed by atoms with Crippen molar-refractivity contribution >= 4 is 16.9 Å². The number of hydrogen-bond acceptors (Lipinski definition) is 4. The van der Waals surface area contributed by atoms with E-state index in [1.807, 2.05) is 12.3 Å². The van der Waals surface area contributed by atoms with Gasteiger partial charge in [0.25, 0.3) is 0 Å². The summed E-state index contributed by atoms with van der Waals surface area (Å²) in [6, 6.07) is 1.95. The van der Waals surface area contributed by atoms with Gasteiger partial charge in [0.2, 0.25) is 0 Å². The molecule has 5 nitrogen and oxygen atoms in total. The van der Waals surface area contributed by atoms with E-state index in [1.165, 1.54) is 6.33 Å². The summed E-state index contributed by atoms with van der Waals surface area (Å²) in [6.07, 6.45) is 3.38. The van der Waals surface area contributed by atoms with Crippen LogP contribution in [0, 0.1) is 0 Å². The van der Waals surface area contributed by atoms with Gasteiger partial charge in [0.05, 0.1) is 12.0 Å². The molecule has 0 bridgehead atoms. The molecule has 0 radical (unpaired) electrons. The molecule has 0 aliphatic rings. The molecule has 0 saturated carbocycles. The molecule has 2 N–H and O–H groups in total. The number of aromatic amines is 1. The number of methoxy groups -OCH3 is 1. The first kappa shape index (κ1) is 8.96. The lowest BCUT2D eigenvalue weighted by molar-refractivity contribution is 0.210. The van der Waals surface area contributed by atoms with Gasteiger partial charge in [-0.25, -0.2) is 9.97 Å². The van der Waals surface area contributed by atoms with Gasteiger partial charge in [-0.15, -0.1) is 0 Å². The van der Waals surface area contributed by atoms with Crippen molar-refractivity contribution in [2.24, 2.45) is 0 Å². The second kappa shape index (κ2) is 4.06. The number of aromatic nitrogens is 3. The zero-order valence-electron chi connectivity index (χ0n) is 7.95. The highest BCUT2D eigenvalue weighted by molar-refractivity contribution is 5.86. The summed E-state index contributed by atoms with van der Waals surface area (Å²) >= 11 is 0. The molecule has 0 saturated heterocycles. The van der Waals surface area contributed by atoms with Crippen LogP contribution in [0.1, 0.15) is 0 Å². The predicted octanol–water partition coefficient (Wildman–Crippen LogP) is 1.02. The predicted molar refractivity (Wildman–Crippen MR) is 54.3 cm³/mol. The molecule has 2 aromatic heterocycles. The van der Waals surface area contributed by atoms with Gasteiger partial charge in [0, 0.05) is 19.9 Å². The van der Waals surface area contributed by atoms with Crippen molar-refractivity contribution in [1.29, 1.82) is 0 Å². The maximum atomic E-state index is 4.94. The smallest absolute Gasteiger partial charge is 0.142 e. The van der Waals surface area contributed by atoms with Crippen LogP contribution in [-0.2, 0) is 4.74 Å². The van der Waals surface area contributed by atoms with Crippen LogP contribution in [0.3, 0.4) is 0 Å². The molecule has 0 amide bonds. The van der Waals surface area contributed by atoms with Gasteiger partial charge < -0.3 is 15.0 Å². The summed E-state index contributed by atoms with van der Waals surface area (Å²) in [4.78, 5) is 11.3. The summed E-state index contributed by atoms with van der Waals surface area (Å²) in [5, 5.41) is 4.18. The molecule has 2 aromatic rings. The van der Waals surface area contributed by atoms with Crippen LogP contribution in [-0.4, -0.2) is 35.2 Å². The average Bonchev–Trinajstić information content (AvgIpc) is 2.67. The zero-order valence-corrected chi connectivity index (χ0v) is 7.95. The van der Waals surface area contributed by atoms with Gasteiger partial charge in [-0.05, 0) is 6.07 Å². The van der Waals surface area contributed by atoms with Crippen molar-refractivity contribution in [3.63, 3.8) is 0 Å². The number of anilines is 1. The van der Waals surface area contributed by atoms with Gasteiger partial charge in [-0.3, -0.25) is 0 Å². The van der Waals surface area contributed by atoms with Crippen LogP contribution in [0.15, 0.2) is 18.6 Å². The van der Waals surface area contributed by atoms with Crippen molar-refractivity contribution < 1.29 is 4.74 Å². The Morgan fingerprint density at radius 2 is 2.43 bits per heavy atom. The van der Waals surface area contributed by atoms with Crippen molar-refractivity contribution in [3.05, 3.63) is 18.6 Å². The standard InChI is InChI=1S/C9H12N4O/c1-14-5-4-11-9-7-2-3-10-8(7)12-6-13-9/h2-3,6H,4-5H2,1H3,(H2,10,11,12,13). The van der Waals surface area contributed by atoms with Crippen LogP contribution in [0.25, 0.3) is 11.0 Å². The van der Waals surface area contributed by atoms with E-state index in [0.29, 0.717) is 6.61 Å². The molecule has 74 valence electrons. The number of rotatable bonds is 4. The van der Waals surface area contributed by atoms with Crippen molar-refractivity contribution in [2.45, 2.75) is 0 Å². The molecule has 0 aliphatic carbocycles. The third kappa shape index (κ3) is 1.67. The van der Waals surface area contributed by atoms with E-state index in [1.54, 1.807) is 7.11 Å². The van der Waals surface area contributed by atoms with E-state index in [-0.39, 0.29) is 0 Å². The third-order valence-electron chi connectivity index (χ3n) is 1.95. The molecule has 0 fully saturated rings. The fourth-order valence-electron chi connectivity index (χ4n) is 1.28. The highest BCUT2D eigenvalue weighted by Crippen LogP contribution is 2.16. The minimum absolute atomic E-state index is 0.663. The van der Waals surface area contributed by atoms with Crippen LogP contribution in [0.5, 0.6) is 0 Å². The number of hydrogen-bond donors (Lipinski definition) is 2. The largest absolute Gasteiger partial charge is 0.383 e. The molecule has 5 heteroatoms. The Kier molecular flexibility index (Phi) is 2.60. The van der Waals surface area contributed by atoms with Crippen molar-refractivity contribution in [3.8, 4) is 0 Å². The van der Waals surface area contributed by atoms with E-state index >= 15 is 0 Å². The summed E-state index contributed by atoms with van der Waals surface area (Å²) in [6.45, 7) is 1.41. The molecule has 2 heterocycles. The Hall–Kier alpha value is -1.62. The Morgan fingerprint density at radius 3 is 3.29 bits per heavy atom. The Bertz CT molecular complexity index is 412. The second-order valence-electron chi connectivity index (χ2n) is 2.88. The normalized spacial score (nSPS) is 10.6. The molecule has 0 aromatic carbocycles. The molecule has 2 rings (SSSR count). The summed E-state index contributed by atoms with van der Waals surface area (Å²) in [7, 11) is 1.67. The fourth-order valence-corrected chi connectivity index (χ4v) is 1.28. The number of ether oxygens (including phenoxy) is 1. The van der Waals surface area contributed by atoms with Gasteiger partial charge in [0.1, 0.15) is 17.8 Å². The molecular formula is C9H12N4O. The topological polar surface area (TPSA) is 62.8 Å².